The maximum absolute atomic E-state index is 14.5. The number of fused-ring (bicyclic) bond motifs is 8. The molecule has 0 saturated carbocycles. The number of Topliss-reactive ketones (excluding diaryl/α,β-unsaturated/α-hetero) is 3. The maximum Gasteiger partial charge on any atom is 0.409 e. The number of epoxide rings is 1. The Kier molecular flexibility index (Phi) is 39.9. The molecule has 1 unspecified atom stereocenters. The lowest BCUT2D eigenvalue weighted by atomic mass is 9.83. The van der Waals surface area contributed by atoms with Crippen molar-refractivity contribution in [1.82, 2.24) is 35.6 Å². The van der Waals surface area contributed by atoms with Crippen LogP contribution in [0.3, 0.4) is 0 Å². The number of esters is 1. The van der Waals surface area contributed by atoms with Gasteiger partial charge in [0.25, 0.3) is 0 Å². The molecule has 0 radical (unpaired) electrons. The van der Waals surface area contributed by atoms with Gasteiger partial charge >= 0.3 is 30.3 Å². The fourth-order valence-corrected chi connectivity index (χ4v) is 15.0. The first-order chi connectivity index (χ1) is 59.3. The van der Waals surface area contributed by atoms with Crippen LogP contribution in [0.25, 0.3) is 21.8 Å². The number of aliphatic hydroxyl groups is 1. The first kappa shape index (κ1) is 99.5. The second-order valence-electron chi connectivity index (χ2n) is 32.1. The monoisotopic (exact) mass is 1750 g/mol. The van der Waals surface area contributed by atoms with E-state index in [1.54, 1.807) is 57.3 Å². The number of ether oxygens (including phenoxy) is 12. The van der Waals surface area contributed by atoms with E-state index in [-0.39, 0.29) is 134 Å². The van der Waals surface area contributed by atoms with Gasteiger partial charge in [-0.3, -0.25) is 34.1 Å². The van der Waals surface area contributed by atoms with E-state index in [2.05, 4.69) is 21.3 Å². The summed E-state index contributed by atoms with van der Waals surface area (Å²) in [5, 5.41) is 24.8. The van der Waals surface area contributed by atoms with Crippen molar-refractivity contribution >= 4 is 104 Å². The summed E-state index contributed by atoms with van der Waals surface area (Å²) >= 11 is 6.87. The highest BCUT2D eigenvalue weighted by Gasteiger charge is 2.64. The molecule has 3 aliphatic heterocycles. The van der Waals surface area contributed by atoms with Crippen molar-refractivity contribution in [1.29, 1.82) is 0 Å². The lowest BCUT2D eigenvalue weighted by Gasteiger charge is -2.42. The Morgan fingerprint density at radius 1 is 0.750 bits per heavy atom. The zero-order chi connectivity index (χ0) is 90.0. The number of alkyl carbamates (subject to hydrolysis) is 2. The number of anilines is 1. The lowest BCUT2D eigenvalue weighted by molar-refractivity contribution is -0.162. The van der Waals surface area contributed by atoms with E-state index in [0.717, 1.165) is 38.5 Å². The number of amides is 8. The SMILES string of the molecule is CO[C@@H]1/C=C/C=C(\C)Cc2cc(C)c(Cl)c(c2)N(C)C(=O)C[C@H](OC(=O)[C@H](C)N(C)C(=O)CCCN(C)C(=O)OCc2ccc(CC(=O)[C@H](CCCNC(N)=O)NC(=O)[C@@H](CC(=O)CCOCCOCCOCCOCCOCCOCCCC(=O)CNC(=O)OCn3c4ccccc4c4ccccc43)C(C)C)cc2)[C@]2(C)OC2[C@H](C)[C@@H]2C[C@]1(O)NC(=O)O2. The van der Waals surface area contributed by atoms with Gasteiger partial charge in [0.1, 0.15) is 42.3 Å². The van der Waals surface area contributed by atoms with Crippen LogP contribution in [0.1, 0.15) is 128 Å². The number of nitrogens with one attached hydrogen (secondary N) is 4. The van der Waals surface area contributed by atoms with Crippen LogP contribution in [0.2, 0.25) is 5.02 Å². The second-order valence-corrected chi connectivity index (χ2v) is 32.5. The van der Waals surface area contributed by atoms with Gasteiger partial charge in [-0.25, -0.2) is 24.0 Å². The van der Waals surface area contributed by atoms with Crippen LogP contribution in [-0.4, -0.2) is 260 Å². The van der Waals surface area contributed by atoms with E-state index in [1.165, 1.54) is 42.8 Å². The summed E-state index contributed by atoms with van der Waals surface area (Å²) in [6, 6.07) is 23.5. The Balaban J connectivity index is 0.672. The van der Waals surface area contributed by atoms with Gasteiger partial charge in [0, 0.05) is 109 Å². The van der Waals surface area contributed by atoms with Gasteiger partial charge in [0.2, 0.25) is 17.7 Å². The van der Waals surface area contributed by atoms with Gasteiger partial charge in [0.15, 0.2) is 24.0 Å². The van der Waals surface area contributed by atoms with Crippen LogP contribution >= 0.6 is 11.6 Å². The van der Waals surface area contributed by atoms with E-state index in [4.69, 9.17) is 74.2 Å². The number of hydrogen-bond acceptors (Lipinski definition) is 24. The quantitative estimate of drug-likeness (QED) is 0.00913. The van der Waals surface area contributed by atoms with Crippen LogP contribution in [0.15, 0.2) is 109 Å². The molecule has 124 heavy (non-hydrogen) atoms. The molecule has 5 aromatic rings. The van der Waals surface area contributed by atoms with E-state index in [9.17, 15) is 57.8 Å². The molecule has 2 fully saturated rings. The molecule has 2 saturated heterocycles. The number of para-hydroxylation sites is 2. The van der Waals surface area contributed by atoms with E-state index >= 15 is 0 Å². The molecule has 0 aliphatic carbocycles. The van der Waals surface area contributed by atoms with Crippen LogP contribution in [0.5, 0.6) is 0 Å². The van der Waals surface area contributed by atoms with Crippen molar-refractivity contribution in [2.75, 3.05) is 132 Å². The third kappa shape index (κ3) is 30.4. The number of aryl methyl sites for hydroxylation is 1. The summed E-state index contributed by atoms with van der Waals surface area (Å²) in [7, 11) is 5.95. The predicted molar refractivity (Wildman–Crippen MR) is 461 cm³/mol. The number of likely N-dealkylation sites (N-methyl/N-ethyl adjacent to an activating group) is 1. The Morgan fingerprint density at radius 3 is 1.97 bits per heavy atom. The molecule has 33 nitrogen and oxygen atoms in total. The number of allylic oxidation sites excluding steroid dienone is 3. The van der Waals surface area contributed by atoms with Crippen LogP contribution in [0.4, 0.5) is 24.9 Å². The number of halogens is 1. The molecule has 10 atom stereocenters. The summed E-state index contributed by atoms with van der Waals surface area (Å²) in [5.41, 5.74) is 8.12. The minimum atomic E-state index is -1.89. The minimum absolute atomic E-state index is 0.00649. The fourth-order valence-electron chi connectivity index (χ4n) is 14.7. The summed E-state index contributed by atoms with van der Waals surface area (Å²) in [6.07, 6.45) is 0.307. The minimum Gasteiger partial charge on any atom is -0.457 e. The van der Waals surface area contributed by atoms with E-state index in [0.29, 0.717) is 101 Å². The number of aromatic nitrogens is 1. The molecule has 4 aromatic carbocycles. The second kappa shape index (κ2) is 49.7. The predicted octanol–water partition coefficient (Wildman–Crippen LogP) is 9.47. The highest BCUT2D eigenvalue weighted by Crippen LogP contribution is 2.49. The Morgan fingerprint density at radius 2 is 1.35 bits per heavy atom. The molecule has 0 spiro atoms. The largest absolute Gasteiger partial charge is 0.457 e. The summed E-state index contributed by atoms with van der Waals surface area (Å²) < 4.78 is 70.4. The highest BCUT2D eigenvalue weighted by molar-refractivity contribution is 6.34. The van der Waals surface area contributed by atoms with Gasteiger partial charge in [-0.2, -0.15) is 0 Å². The molecule has 8 rings (SSSR count). The number of urea groups is 1. The number of nitrogens with zero attached hydrogens (tertiary/aromatic N) is 4. The molecular formula is C90H124ClN9O24. The number of carbonyl (C=O) groups excluding carboxylic acids is 11. The summed E-state index contributed by atoms with van der Waals surface area (Å²) in [5.74, 6) is -4.48. The average Bonchev–Trinajstić information content (AvgIpc) is 1.57. The standard InChI is InChI=1S/C90H124ClN9O24/c1-58(2)70(52-66(101)33-37-115-39-41-117-43-45-119-47-46-118-44-42-116-40-38-114-36-19-21-67(102)55-94-86(109)121-57-100-72-25-14-12-22-68(72)69-23-13-15-26-73(69)100)83(106)95-71(24-17-34-93-85(92)108)75(103)51-63-29-31-64(32-30-63)56-120-88(111)97(8)35-18-28-79(104)98(9)62(6)84(107)123-78-53-80(105)99(10)74-50-65(49-60(4)81(74)91)48-59(3)20-16-27-77(113-11)90(112)54-76(122-87(110)96-90)61(5)82-89(78,7)124-82/h12-16,20,22-23,25-27,29-32,49-50,58,61-62,70-71,76-78,82,112H,17-19,21,24,28,33-48,51-57H2,1-11H3,(H,94,109)(H,95,106)(H,96,110)(H3,92,93,108)/b27-16+,59-20+/t61-,62+,70+,71+,76+,77-,78+,82?,89+,90-/m1/s1. The highest BCUT2D eigenvalue weighted by atomic mass is 35.5. The average molecular weight is 1750 g/mol. The fraction of sp³-hybridized carbons (Fsp3) is 0.567. The summed E-state index contributed by atoms with van der Waals surface area (Å²) in [6.45, 7) is 16.1. The zero-order valence-electron chi connectivity index (χ0n) is 73.1. The Bertz CT molecular complexity index is 4430. The third-order valence-corrected chi connectivity index (χ3v) is 22.8. The van der Waals surface area contributed by atoms with Crippen molar-refractivity contribution < 1.29 is 115 Å². The van der Waals surface area contributed by atoms with Crippen molar-refractivity contribution in [2.24, 2.45) is 23.5 Å². The van der Waals surface area contributed by atoms with Gasteiger partial charge in [-0.15, -0.1) is 0 Å². The number of hydrogen-bond donors (Lipinski definition) is 6. The molecule has 7 N–H and O–H groups in total. The lowest BCUT2D eigenvalue weighted by Crippen LogP contribution is -2.63. The van der Waals surface area contributed by atoms with Crippen molar-refractivity contribution in [3.8, 4) is 0 Å². The smallest absolute Gasteiger partial charge is 0.409 e. The molecule has 8 amide bonds. The first-order valence-electron chi connectivity index (χ1n) is 42.3. The number of rotatable bonds is 48. The Labute approximate surface area is 729 Å². The van der Waals surface area contributed by atoms with Gasteiger partial charge in [-0.1, -0.05) is 123 Å². The molecule has 1 aromatic heterocycles. The first-order valence-corrected chi connectivity index (χ1v) is 42.6. The molecule has 34 heteroatoms. The van der Waals surface area contributed by atoms with Crippen LogP contribution in [0, 0.1) is 24.7 Å². The number of benzene rings is 4. The third-order valence-electron chi connectivity index (χ3n) is 22.3. The molecular weight excluding hydrogens is 1630 g/mol. The Hall–Kier alpha value is -9.94. The van der Waals surface area contributed by atoms with Gasteiger partial charge in [0.05, 0.1) is 120 Å². The van der Waals surface area contributed by atoms with Crippen LogP contribution < -0.4 is 31.9 Å². The van der Waals surface area contributed by atoms with E-state index < -0.39 is 108 Å². The normalized spacial score (nSPS) is 20.4. The number of carbonyl (C=O) groups is 11. The topological polar surface area (TPSA) is 411 Å². The van der Waals surface area contributed by atoms with E-state index in [1.807, 2.05) is 99.0 Å². The zero-order valence-corrected chi connectivity index (χ0v) is 73.9. The van der Waals surface area contributed by atoms with Gasteiger partial charge in [-0.05, 0) is 106 Å². The number of nitrogens with two attached hydrogens (primary N) is 1. The van der Waals surface area contributed by atoms with Crippen LogP contribution in [-0.2, 0) is 117 Å². The van der Waals surface area contributed by atoms with Crippen molar-refractivity contribution in [2.45, 2.75) is 187 Å². The van der Waals surface area contributed by atoms with Gasteiger partial charge < -0.3 is 103 Å². The number of methoxy groups -OCH3 is 1. The number of ketones is 3. The molecule has 4 bridgehead atoms. The van der Waals surface area contributed by atoms with Crippen molar-refractivity contribution in [3.05, 3.63) is 136 Å². The molecule has 680 valence electrons. The van der Waals surface area contributed by atoms with Crippen molar-refractivity contribution in [3.63, 3.8) is 0 Å². The molecule has 4 heterocycles. The maximum atomic E-state index is 14.5. The molecule has 3 aliphatic rings. The summed E-state index contributed by atoms with van der Waals surface area (Å²) in [4.78, 5) is 150. The number of primary amides is 1.